The minimum absolute atomic E-state index is 0.368. The van der Waals surface area contributed by atoms with E-state index in [2.05, 4.69) is 18.8 Å². The Balaban J connectivity index is 2.33. The molecule has 0 aliphatic heterocycles. The summed E-state index contributed by atoms with van der Waals surface area (Å²) in [6.45, 7) is 4.98. The van der Waals surface area contributed by atoms with Gasteiger partial charge in [0, 0.05) is 17.0 Å². The summed E-state index contributed by atoms with van der Waals surface area (Å²) in [7, 11) is 0. The predicted octanol–water partition coefficient (Wildman–Crippen LogP) is 3.29. The van der Waals surface area contributed by atoms with Crippen LogP contribution in [0.2, 0.25) is 0 Å². The number of hydrogen-bond acceptors (Lipinski definition) is 3. The summed E-state index contributed by atoms with van der Waals surface area (Å²) >= 11 is 5.10. The van der Waals surface area contributed by atoms with Crippen molar-refractivity contribution < 1.29 is 4.74 Å². The zero-order chi connectivity index (χ0) is 13.8. The van der Waals surface area contributed by atoms with Crippen molar-refractivity contribution in [2.24, 2.45) is 11.7 Å². The van der Waals surface area contributed by atoms with E-state index in [4.69, 9.17) is 22.7 Å². The minimum Gasteiger partial charge on any atom is -0.478 e. The molecule has 4 heteroatoms. The number of hydrogen-bond donors (Lipinski definition) is 1. The van der Waals surface area contributed by atoms with Gasteiger partial charge in [-0.3, -0.25) is 0 Å². The fraction of sp³-hybridized carbons (Fsp3) is 0.333. The Bertz CT molecular complexity index is 596. The van der Waals surface area contributed by atoms with Crippen molar-refractivity contribution >= 4 is 28.1 Å². The monoisotopic (exact) mass is 274 g/mol. The molecule has 0 atom stereocenters. The van der Waals surface area contributed by atoms with Gasteiger partial charge in [-0.05, 0) is 18.4 Å². The average molecular weight is 274 g/mol. The molecule has 0 unspecified atom stereocenters. The standard InChI is InChI=1S/C15H18N2OS/c1-10(2)7-8-18-14-9-12(15(16)19)11-5-3-4-6-13(11)17-14/h3-6,9-10H,7-8H2,1-2H3,(H2,16,19). The van der Waals surface area contributed by atoms with Gasteiger partial charge in [0.05, 0.1) is 12.1 Å². The van der Waals surface area contributed by atoms with E-state index in [-0.39, 0.29) is 0 Å². The summed E-state index contributed by atoms with van der Waals surface area (Å²) in [4.78, 5) is 4.85. The van der Waals surface area contributed by atoms with Crippen LogP contribution >= 0.6 is 12.2 Å². The lowest BCUT2D eigenvalue weighted by Crippen LogP contribution is -2.11. The maximum absolute atomic E-state index is 5.77. The van der Waals surface area contributed by atoms with Crippen LogP contribution < -0.4 is 10.5 Å². The van der Waals surface area contributed by atoms with Gasteiger partial charge in [0.15, 0.2) is 0 Å². The van der Waals surface area contributed by atoms with E-state index < -0.39 is 0 Å². The van der Waals surface area contributed by atoms with Crippen LogP contribution in [-0.4, -0.2) is 16.6 Å². The van der Waals surface area contributed by atoms with Gasteiger partial charge in [-0.1, -0.05) is 44.3 Å². The lowest BCUT2D eigenvalue weighted by molar-refractivity contribution is 0.280. The first kappa shape index (κ1) is 13.7. The molecule has 0 spiro atoms. The Morgan fingerprint density at radius 1 is 1.37 bits per heavy atom. The lowest BCUT2D eigenvalue weighted by Gasteiger charge is -2.10. The third kappa shape index (κ3) is 3.41. The Hall–Kier alpha value is -1.68. The van der Waals surface area contributed by atoms with Gasteiger partial charge >= 0.3 is 0 Å². The number of benzene rings is 1. The van der Waals surface area contributed by atoms with E-state index in [1.165, 1.54) is 0 Å². The summed E-state index contributed by atoms with van der Waals surface area (Å²) in [5.41, 5.74) is 7.45. The lowest BCUT2D eigenvalue weighted by atomic mass is 10.1. The molecule has 3 nitrogen and oxygen atoms in total. The SMILES string of the molecule is CC(C)CCOc1cc(C(N)=S)c2ccccc2n1. The second-order valence-corrected chi connectivity index (χ2v) is 5.36. The highest BCUT2D eigenvalue weighted by Crippen LogP contribution is 2.22. The molecule has 19 heavy (non-hydrogen) atoms. The van der Waals surface area contributed by atoms with Crippen LogP contribution in [0.25, 0.3) is 10.9 Å². The molecule has 0 fully saturated rings. The fourth-order valence-electron chi connectivity index (χ4n) is 1.83. The molecule has 0 saturated heterocycles. The second-order valence-electron chi connectivity index (χ2n) is 4.92. The van der Waals surface area contributed by atoms with E-state index in [0.717, 1.165) is 22.9 Å². The Labute approximate surface area is 118 Å². The summed E-state index contributed by atoms with van der Waals surface area (Å²) in [5.74, 6) is 1.19. The van der Waals surface area contributed by atoms with Crippen molar-refractivity contribution in [1.82, 2.24) is 4.98 Å². The maximum Gasteiger partial charge on any atom is 0.214 e. The van der Waals surface area contributed by atoms with Crippen LogP contribution in [0, 0.1) is 5.92 Å². The van der Waals surface area contributed by atoms with Crippen molar-refractivity contribution in [2.45, 2.75) is 20.3 Å². The molecule has 0 aliphatic carbocycles. The molecule has 2 rings (SSSR count). The number of thiocarbonyl (C=S) groups is 1. The van der Waals surface area contributed by atoms with E-state index in [9.17, 15) is 0 Å². The van der Waals surface area contributed by atoms with E-state index in [0.29, 0.717) is 23.4 Å². The molecule has 2 N–H and O–H groups in total. The Morgan fingerprint density at radius 3 is 2.79 bits per heavy atom. The average Bonchev–Trinajstić information content (AvgIpc) is 2.37. The van der Waals surface area contributed by atoms with Crippen molar-refractivity contribution in [1.29, 1.82) is 0 Å². The third-order valence-corrected chi connectivity index (χ3v) is 3.12. The Kier molecular flexibility index (Phi) is 4.32. The van der Waals surface area contributed by atoms with Crippen LogP contribution in [-0.2, 0) is 0 Å². The van der Waals surface area contributed by atoms with Gasteiger partial charge < -0.3 is 10.5 Å². The van der Waals surface area contributed by atoms with Crippen LogP contribution in [0.4, 0.5) is 0 Å². The molecule has 0 saturated carbocycles. The number of fused-ring (bicyclic) bond motifs is 1. The van der Waals surface area contributed by atoms with Crippen molar-refractivity contribution in [3.8, 4) is 5.88 Å². The van der Waals surface area contributed by atoms with Crippen LogP contribution in [0.15, 0.2) is 30.3 Å². The summed E-state index contributed by atoms with van der Waals surface area (Å²) in [6.07, 6.45) is 0.997. The molecule has 1 heterocycles. The zero-order valence-corrected chi connectivity index (χ0v) is 12.0. The Morgan fingerprint density at radius 2 is 2.11 bits per heavy atom. The summed E-state index contributed by atoms with van der Waals surface area (Å²) < 4.78 is 5.69. The van der Waals surface area contributed by atoms with Gasteiger partial charge in [0.25, 0.3) is 0 Å². The summed E-state index contributed by atoms with van der Waals surface area (Å²) in [6, 6.07) is 9.62. The zero-order valence-electron chi connectivity index (χ0n) is 11.2. The van der Waals surface area contributed by atoms with Crippen molar-refractivity contribution in [2.75, 3.05) is 6.61 Å². The largest absolute Gasteiger partial charge is 0.478 e. The van der Waals surface area contributed by atoms with Crippen molar-refractivity contribution in [3.05, 3.63) is 35.9 Å². The molecule has 0 amide bonds. The molecule has 0 radical (unpaired) electrons. The van der Waals surface area contributed by atoms with Gasteiger partial charge in [-0.2, -0.15) is 0 Å². The topological polar surface area (TPSA) is 48.1 Å². The molecule has 0 aliphatic rings. The van der Waals surface area contributed by atoms with E-state index >= 15 is 0 Å². The molecule has 100 valence electrons. The van der Waals surface area contributed by atoms with Gasteiger partial charge in [0.2, 0.25) is 5.88 Å². The van der Waals surface area contributed by atoms with Crippen LogP contribution in [0.5, 0.6) is 5.88 Å². The predicted molar refractivity (Wildman–Crippen MR) is 82.6 cm³/mol. The van der Waals surface area contributed by atoms with Crippen LogP contribution in [0.1, 0.15) is 25.8 Å². The number of rotatable bonds is 5. The molecule has 2 aromatic rings. The number of aromatic nitrogens is 1. The first-order valence-electron chi connectivity index (χ1n) is 6.40. The smallest absolute Gasteiger partial charge is 0.214 e. The second kappa shape index (κ2) is 5.97. The number of nitrogens with two attached hydrogens (primary N) is 1. The van der Waals surface area contributed by atoms with E-state index in [1.807, 2.05) is 30.3 Å². The quantitative estimate of drug-likeness (QED) is 0.850. The highest BCUT2D eigenvalue weighted by atomic mass is 32.1. The summed E-state index contributed by atoms with van der Waals surface area (Å²) in [5, 5.41) is 0.964. The molecular formula is C15H18N2OS. The number of para-hydroxylation sites is 1. The molecular weight excluding hydrogens is 256 g/mol. The van der Waals surface area contributed by atoms with Gasteiger partial charge in [0.1, 0.15) is 4.99 Å². The van der Waals surface area contributed by atoms with Crippen molar-refractivity contribution in [3.63, 3.8) is 0 Å². The van der Waals surface area contributed by atoms with E-state index in [1.54, 1.807) is 0 Å². The van der Waals surface area contributed by atoms with Gasteiger partial charge in [-0.25, -0.2) is 4.98 Å². The number of nitrogens with zero attached hydrogens (tertiary/aromatic N) is 1. The number of ether oxygens (including phenoxy) is 1. The first-order valence-corrected chi connectivity index (χ1v) is 6.81. The number of pyridine rings is 1. The molecule has 1 aromatic carbocycles. The minimum atomic E-state index is 0.368. The highest BCUT2D eigenvalue weighted by molar-refractivity contribution is 7.80. The fourth-order valence-corrected chi connectivity index (χ4v) is 2.00. The normalized spacial score (nSPS) is 10.9. The molecule has 0 bridgehead atoms. The first-order chi connectivity index (χ1) is 9.08. The van der Waals surface area contributed by atoms with Crippen LogP contribution in [0.3, 0.4) is 0 Å². The third-order valence-electron chi connectivity index (χ3n) is 2.90. The highest BCUT2D eigenvalue weighted by Gasteiger charge is 2.08. The van der Waals surface area contributed by atoms with Gasteiger partial charge in [-0.15, -0.1) is 0 Å². The maximum atomic E-state index is 5.77. The molecule has 1 aromatic heterocycles.